The molecule has 1 atom stereocenters. The van der Waals surface area contributed by atoms with Crippen molar-refractivity contribution in [3.05, 3.63) is 94.3 Å². The molecule has 168 valence electrons. The summed E-state index contributed by atoms with van der Waals surface area (Å²) in [5.41, 5.74) is 1.62. The van der Waals surface area contributed by atoms with Crippen LogP contribution < -0.4 is 9.47 Å². The molecular weight excluding hydrogens is 444 g/mol. The van der Waals surface area contributed by atoms with Gasteiger partial charge in [-0.1, -0.05) is 17.7 Å². The normalized spacial score (nSPS) is 17.3. The van der Waals surface area contributed by atoms with Crippen molar-refractivity contribution in [2.24, 2.45) is 0 Å². The van der Waals surface area contributed by atoms with Crippen LogP contribution in [0.5, 0.6) is 11.5 Å². The fourth-order valence-electron chi connectivity index (χ4n) is 3.86. The summed E-state index contributed by atoms with van der Waals surface area (Å²) >= 11 is 5.97. The van der Waals surface area contributed by atoms with E-state index in [4.69, 9.17) is 21.1 Å². The Labute approximate surface area is 195 Å². The zero-order valence-electron chi connectivity index (χ0n) is 18.0. The number of carbonyl (C=O) groups excluding carboxylic acids is 2. The van der Waals surface area contributed by atoms with Crippen LogP contribution in [0.3, 0.4) is 0 Å². The molecule has 0 aliphatic carbocycles. The van der Waals surface area contributed by atoms with E-state index < -0.39 is 17.7 Å². The lowest BCUT2D eigenvalue weighted by molar-refractivity contribution is -0.140. The second kappa shape index (κ2) is 9.34. The monoisotopic (exact) mass is 464 g/mol. The molecule has 1 N–H and O–H groups in total. The van der Waals surface area contributed by atoms with Crippen LogP contribution >= 0.6 is 11.6 Å². The maximum absolute atomic E-state index is 13.2. The van der Waals surface area contributed by atoms with Gasteiger partial charge in [-0.05, 0) is 48.0 Å². The number of amides is 1. The highest BCUT2D eigenvalue weighted by Gasteiger charge is 2.47. The van der Waals surface area contributed by atoms with E-state index in [1.165, 1.54) is 19.1 Å². The smallest absolute Gasteiger partial charge is 0.295 e. The van der Waals surface area contributed by atoms with E-state index in [1.54, 1.807) is 60.9 Å². The van der Waals surface area contributed by atoms with E-state index in [9.17, 15) is 14.7 Å². The summed E-state index contributed by atoms with van der Waals surface area (Å²) in [6, 6.07) is 14.2. The fourth-order valence-corrected chi connectivity index (χ4v) is 3.99. The van der Waals surface area contributed by atoms with Crippen LogP contribution in [-0.2, 0) is 16.1 Å². The predicted molar refractivity (Wildman–Crippen MR) is 123 cm³/mol. The molecule has 4 rings (SSSR count). The molecule has 1 fully saturated rings. The lowest BCUT2D eigenvalue weighted by atomic mass is 9.94. The summed E-state index contributed by atoms with van der Waals surface area (Å²) in [4.78, 5) is 31.8. The molecule has 2 heterocycles. The molecule has 3 aromatic rings. The SMILES string of the molecule is COc1ccc([C@@H]2/C(=C(\O)c3ccc(Cl)cc3)C(=O)C(=O)N2Cc2cccnc2)c(OC)c1. The Morgan fingerprint density at radius 3 is 2.48 bits per heavy atom. The Hall–Kier alpha value is -3.84. The number of benzene rings is 2. The van der Waals surface area contributed by atoms with E-state index in [1.807, 2.05) is 6.07 Å². The molecule has 0 spiro atoms. The molecular formula is C25H21ClN2O5. The number of pyridine rings is 1. The van der Waals surface area contributed by atoms with Crippen molar-refractivity contribution in [2.75, 3.05) is 14.2 Å². The number of rotatable bonds is 6. The van der Waals surface area contributed by atoms with Gasteiger partial charge in [0.15, 0.2) is 0 Å². The molecule has 1 amide bonds. The molecule has 0 radical (unpaired) electrons. The van der Waals surface area contributed by atoms with Crippen LogP contribution in [0.2, 0.25) is 5.02 Å². The van der Waals surface area contributed by atoms with Crippen molar-refractivity contribution in [3.8, 4) is 11.5 Å². The summed E-state index contributed by atoms with van der Waals surface area (Å²) in [6.45, 7) is 0.121. The van der Waals surface area contributed by atoms with Gasteiger partial charge in [0.2, 0.25) is 0 Å². The maximum atomic E-state index is 13.2. The number of aromatic nitrogens is 1. The topological polar surface area (TPSA) is 89.0 Å². The number of hydrogen-bond acceptors (Lipinski definition) is 6. The van der Waals surface area contributed by atoms with Gasteiger partial charge in [-0.3, -0.25) is 14.6 Å². The van der Waals surface area contributed by atoms with Gasteiger partial charge in [-0.25, -0.2) is 0 Å². The van der Waals surface area contributed by atoms with Crippen LogP contribution in [0.4, 0.5) is 0 Å². The molecule has 8 heteroatoms. The number of methoxy groups -OCH3 is 2. The van der Waals surface area contributed by atoms with E-state index in [2.05, 4.69) is 4.98 Å². The first-order valence-electron chi connectivity index (χ1n) is 10.1. The number of Topliss-reactive ketones (excluding diaryl/α,β-unsaturated/α-hetero) is 1. The highest BCUT2D eigenvalue weighted by atomic mass is 35.5. The van der Waals surface area contributed by atoms with E-state index >= 15 is 0 Å². The Balaban J connectivity index is 1.91. The summed E-state index contributed by atoms with van der Waals surface area (Å²) in [5, 5.41) is 11.6. The molecule has 0 unspecified atom stereocenters. The van der Waals surface area contributed by atoms with Gasteiger partial charge >= 0.3 is 0 Å². The zero-order valence-corrected chi connectivity index (χ0v) is 18.7. The average Bonchev–Trinajstić information content (AvgIpc) is 3.09. The third kappa shape index (κ3) is 4.27. The third-order valence-corrected chi connectivity index (χ3v) is 5.72. The molecule has 2 aromatic carbocycles. The Kier molecular flexibility index (Phi) is 6.33. The van der Waals surface area contributed by atoms with Crippen molar-refractivity contribution >= 4 is 29.1 Å². The Morgan fingerprint density at radius 2 is 1.85 bits per heavy atom. The number of nitrogens with zero attached hydrogens (tertiary/aromatic N) is 2. The van der Waals surface area contributed by atoms with Crippen molar-refractivity contribution in [3.63, 3.8) is 0 Å². The predicted octanol–water partition coefficient (Wildman–Crippen LogP) is 4.37. The number of ether oxygens (including phenoxy) is 2. The standard InChI is InChI=1S/C25H21ClN2O5/c1-32-18-9-10-19(20(12-18)33-2)22-21(23(29)16-5-7-17(26)8-6-16)24(30)25(31)28(22)14-15-4-3-11-27-13-15/h3-13,22,29H,14H2,1-2H3/b23-21+/t22-/m1/s1. The highest BCUT2D eigenvalue weighted by Crippen LogP contribution is 2.44. The number of aliphatic hydroxyl groups excluding tert-OH is 1. The maximum Gasteiger partial charge on any atom is 0.295 e. The van der Waals surface area contributed by atoms with Crippen molar-refractivity contribution in [1.29, 1.82) is 0 Å². The molecule has 1 aliphatic rings. The van der Waals surface area contributed by atoms with Crippen molar-refractivity contribution < 1.29 is 24.2 Å². The van der Waals surface area contributed by atoms with Gasteiger partial charge in [0, 0.05) is 41.2 Å². The van der Waals surface area contributed by atoms with E-state index in [0.29, 0.717) is 27.6 Å². The van der Waals surface area contributed by atoms with Gasteiger partial charge < -0.3 is 19.5 Å². The number of carbonyl (C=O) groups is 2. The molecule has 33 heavy (non-hydrogen) atoms. The minimum absolute atomic E-state index is 0.0327. The van der Waals surface area contributed by atoms with Gasteiger partial charge in [-0.15, -0.1) is 0 Å². The molecule has 7 nitrogen and oxygen atoms in total. The largest absolute Gasteiger partial charge is 0.507 e. The zero-order chi connectivity index (χ0) is 23.5. The van der Waals surface area contributed by atoms with Crippen molar-refractivity contribution in [1.82, 2.24) is 9.88 Å². The summed E-state index contributed by atoms with van der Waals surface area (Å²) < 4.78 is 10.8. The third-order valence-electron chi connectivity index (χ3n) is 5.47. The van der Waals surface area contributed by atoms with E-state index in [-0.39, 0.29) is 17.9 Å². The Bertz CT molecular complexity index is 1230. The van der Waals surface area contributed by atoms with Crippen LogP contribution in [0.15, 0.2) is 72.6 Å². The van der Waals surface area contributed by atoms with Crippen LogP contribution in [0.1, 0.15) is 22.7 Å². The van der Waals surface area contributed by atoms with E-state index in [0.717, 1.165) is 5.56 Å². The highest BCUT2D eigenvalue weighted by molar-refractivity contribution is 6.46. The lowest BCUT2D eigenvalue weighted by Crippen LogP contribution is -2.29. The average molecular weight is 465 g/mol. The number of ketones is 1. The van der Waals surface area contributed by atoms with Gasteiger partial charge in [0.05, 0.1) is 25.8 Å². The minimum atomic E-state index is -0.887. The summed E-state index contributed by atoms with van der Waals surface area (Å²) in [6.07, 6.45) is 3.25. The second-order valence-electron chi connectivity index (χ2n) is 7.40. The molecule has 1 aromatic heterocycles. The van der Waals surface area contributed by atoms with Crippen molar-refractivity contribution in [2.45, 2.75) is 12.6 Å². The molecule has 0 saturated carbocycles. The van der Waals surface area contributed by atoms with Crippen LogP contribution in [-0.4, -0.2) is 40.9 Å². The van der Waals surface area contributed by atoms with Gasteiger partial charge in [-0.2, -0.15) is 0 Å². The Morgan fingerprint density at radius 1 is 1.09 bits per heavy atom. The number of halogens is 1. The van der Waals surface area contributed by atoms with Gasteiger partial charge in [0.1, 0.15) is 17.3 Å². The molecule has 1 saturated heterocycles. The quantitative estimate of drug-likeness (QED) is 0.331. The first-order chi connectivity index (χ1) is 15.9. The second-order valence-corrected chi connectivity index (χ2v) is 7.84. The minimum Gasteiger partial charge on any atom is -0.507 e. The first kappa shape index (κ1) is 22.4. The lowest BCUT2D eigenvalue weighted by Gasteiger charge is -2.26. The van der Waals surface area contributed by atoms with Crippen LogP contribution in [0, 0.1) is 0 Å². The number of aliphatic hydroxyl groups is 1. The molecule has 0 bridgehead atoms. The molecule has 1 aliphatic heterocycles. The van der Waals surface area contributed by atoms with Crippen LogP contribution in [0.25, 0.3) is 5.76 Å². The van der Waals surface area contributed by atoms with Gasteiger partial charge in [0.25, 0.3) is 11.7 Å². The number of likely N-dealkylation sites (tertiary alicyclic amines) is 1. The summed E-state index contributed by atoms with van der Waals surface area (Å²) in [5.74, 6) is -0.829. The number of hydrogen-bond donors (Lipinski definition) is 1. The fraction of sp³-hybridized carbons (Fsp3) is 0.160. The summed E-state index contributed by atoms with van der Waals surface area (Å²) in [7, 11) is 3.02. The first-order valence-corrected chi connectivity index (χ1v) is 10.5.